The van der Waals surface area contributed by atoms with Crippen molar-refractivity contribution in [3.63, 3.8) is 0 Å². The molecule has 1 heteroatoms. The van der Waals surface area contributed by atoms with Crippen LogP contribution in [-0.4, -0.2) is 4.57 Å². The third-order valence-electron chi connectivity index (χ3n) is 10.0. The fraction of sp³-hybridized carbons (Fsp3) is 0.0233. The summed E-state index contributed by atoms with van der Waals surface area (Å²) in [6.07, 6.45) is 0. The standard InChI is InChI=1S/C43H27N/c1-2-12-28(13-3-1)29-22-25-42-36(26-29)35-17-7-11-21-41(35)44(42)30-23-24-34-33-16-6-10-20-39(33)43(40(34)27-30)37-18-8-4-14-31(37)32-15-5-9-19-38(32)43/h1-27H. The molecular formula is C43H27N. The van der Waals surface area contributed by atoms with Gasteiger partial charge in [-0.05, 0) is 86.0 Å². The largest absolute Gasteiger partial charge is 0.309 e. The van der Waals surface area contributed by atoms with E-state index in [0.29, 0.717) is 0 Å². The van der Waals surface area contributed by atoms with Gasteiger partial charge in [-0.2, -0.15) is 0 Å². The van der Waals surface area contributed by atoms with Crippen LogP contribution in [-0.2, 0) is 5.41 Å². The van der Waals surface area contributed by atoms with Gasteiger partial charge >= 0.3 is 0 Å². The summed E-state index contributed by atoms with van der Waals surface area (Å²) in [5.74, 6) is 0. The number of rotatable bonds is 2. The summed E-state index contributed by atoms with van der Waals surface area (Å²) in [5.41, 5.74) is 16.6. The van der Waals surface area contributed by atoms with E-state index in [0.717, 1.165) is 0 Å². The summed E-state index contributed by atoms with van der Waals surface area (Å²) >= 11 is 0. The van der Waals surface area contributed by atoms with Gasteiger partial charge in [0.05, 0.1) is 16.4 Å². The van der Waals surface area contributed by atoms with Crippen LogP contribution in [0.1, 0.15) is 22.3 Å². The lowest BCUT2D eigenvalue weighted by Gasteiger charge is -2.30. The maximum atomic E-state index is 2.48. The van der Waals surface area contributed by atoms with Crippen molar-refractivity contribution < 1.29 is 0 Å². The highest BCUT2D eigenvalue weighted by Gasteiger charge is 2.51. The molecule has 0 unspecified atom stereocenters. The van der Waals surface area contributed by atoms with E-state index in [4.69, 9.17) is 0 Å². The molecule has 0 atom stereocenters. The predicted molar refractivity (Wildman–Crippen MR) is 183 cm³/mol. The smallest absolute Gasteiger partial charge is 0.0726 e. The second kappa shape index (κ2) is 8.69. The first-order chi connectivity index (χ1) is 21.8. The molecule has 204 valence electrons. The molecule has 44 heavy (non-hydrogen) atoms. The van der Waals surface area contributed by atoms with Gasteiger partial charge in [-0.25, -0.2) is 0 Å². The third-order valence-corrected chi connectivity index (χ3v) is 10.0. The molecule has 8 aromatic rings. The van der Waals surface area contributed by atoms with E-state index >= 15 is 0 Å². The number of para-hydroxylation sites is 1. The molecule has 0 aliphatic heterocycles. The first-order valence-electron chi connectivity index (χ1n) is 15.4. The van der Waals surface area contributed by atoms with Gasteiger partial charge in [0, 0.05) is 16.5 Å². The van der Waals surface area contributed by atoms with Crippen molar-refractivity contribution in [2.45, 2.75) is 5.41 Å². The molecule has 2 aliphatic carbocycles. The van der Waals surface area contributed by atoms with Crippen LogP contribution in [0.15, 0.2) is 164 Å². The van der Waals surface area contributed by atoms with Gasteiger partial charge in [0.25, 0.3) is 0 Å². The van der Waals surface area contributed by atoms with Gasteiger partial charge in [0.15, 0.2) is 0 Å². The lowest BCUT2D eigenvalue weighted by Crippen LogP contribution is -2.26. The molecule has 10 rings (SSSR count). The summed E-state index contributed by atoms with van der Waals surface area (Å²) in [5, 5.41) is 2.55. The zero-order chi connectivity index (χ0) is 28.8. The third kappa shape index (κ3) is 2.94. The Bertz CT molecular complexity index is 2380. The molecule has 0 bridgehead atoms. The van der Waals surface area contributed by atoms with E-state index in [1.807, 2.05) is 0 Å². The molecule has 1 heterocycles. The monoisotopic (exact) mass is 557 g/mol. The highest BCUT2D eigenvalue weighted by atomic mass is 15.0. The molecule has 7 aromatic carbocycles. The minimum absolute atomic E-state index is 0.353. The Hall–Kier alpha value is -5.66. The second-order valence-electron chi connectivity index (χ2n) is 12.1. The van der Waals surface area contributed by atoms with Gasteiger partial charge in [0.2, 0.25) is 0 Å². The summed E-state index contributed by atoms with van der Waals surface area (Å²) in [4.78, 5) is 0. The topological polar surface area (TPSA) is 4.93 Å². The van der Waals surface area contributed by atoms with Crippen LogP contribution < -0.4 is 0 Å². The fourth-order valence-electron chi connectivity index (χ4n) is 8.28. The fourth-order valence-corrected chi connectivity index (χ4v) is 8.28. The zero-order valence-corrected chi connectivity index (χ0v) is 24.0. The molecule has 2 aliphatic rings. The molecule has 0 radical (unpaired) electrons. The van der Waals surface area contributed by atoms with E-state index in [-0.39, 0.29) is 5.41 Å². The van der Waals surface area contributed by atoms with Crippen molar-refractivity contribution in [2.75, 3.05) is 0 Å². The maximum absolute atomic E-state index is 2.48. The predicted octanol–water partition coefficient (Wildman–Crippen LogP) is 10.8. The summed E-state index contributed by atoms with van der Waals surface area (Å²) in [6.45, 7) is 0. The molecule has 1 nitrogen and oxygen atoms in total. The van der Waals surface area contributed by atoms with Gasteiger partial charge in [-0.15, -0.1) is 0 Å². The Morgan fingerprint density at radius 1 is 0.341 bits per heavy atom. The van der Waals surface area contributed by atoms with Crippen molar-refractivity contribution in [1.82, 2.24) is 4.57 Å². The first-order valence-corrected chi connectivity index (χ1v) is 15.4. The van der Waals surface area contributed by atoms with Crippen LogP contribution >= 0.6 is 0 Å². The number of benzene rings is 7. The molecule has 0 amide bonds. The van der Waals surface area contributed by atoms with Crippen LogP contribution in [0, 0.1) is 0 Å². The maximum Gasteiger partial charge on any atom is 0.0726 e. The van der Waals surface area contributed by atoms with Crippen molar-refractivity contribution in [2.24, 2.45) is 0 Å². The van der Waals surface area contributed by atoms with Gasteiger partial charge in [0.1, 0.15) is 0 Å². The molecule has 1 aromatic heterocycles. The average molecular weight is 558 g/mol. The normalized spacial score (nSPS) is 13.6. The summed E-state index contributed by atoms with van der Waals surface area (Å²) in [7, 11) is 0. The Morgan fingerprint density at radius 2 is 0.886 bits per heavy atom. The van der Waals surface area contributed by atoms with E-state index in [9.17, 15) is 0 Å². The van der Waals surface area contributed by atoms with Crippen LogP contribution in [0.2, 0.25) is 0 Å². The zero-order valence-electron chi connectivity index (χ0n) is 24.0. The number of hydrogen-bond acceptors (Lipinski definition) is 0. The molecular weight excluding hydrogens is 530 g/mol. The van der Waals surface area contributed by atoms with Gasteiger partial charge in [-0.1, -0.05) is 133 Å². The highest BCUT2D eigenvalue weighted by Crippen LogP contribution is 2.62. The molecule has 0 fully saturated rings. The first kappa shape index (κ1) is 23.9. The summed E-state index contributed by atoms with van der Waals surface area (Å²) < 4.78 is 2.46. The Morgan fingerprint density at radius 3 is 1.57 bits per heavy atom. The number of aromatic nitrogens is 1. The van der Waals surface area contributed by atoms with Crippen molar-refractivity contribution in [1.29, 1.82) is 0 Å². The minimum atomic E-state index is -0.353. The van der Waals surface area contributed by atoms with Crippen LogP contribution in [0.25, 0.3) is 60.9 Å². The average Bonchev–Trinajstić information content (AvgIpc) is 3.70. The lowest BCUT2D eigenvalue weighted by molar-refractivity contribution is 0.792. The molecule has 0 saturated carbocycles. The number of fused-ring (bicyclic) bond motifs is 13. The minimum Gasteiger partial charge on any atom is -0.309 e. The second-order valence-corrected chi connectivity index (χ2v) is 12.1. The van der Waals surface area contributed by atoms with Crippen LogP contribution in [0.4, 0.5) is 0 Å². The number of nitrogens with zero attached hydrogens (tertiary/aromatic N) is 1. The van der Waals surface area contributed by atoms with E-state index in [2.05, 4.69) is 168 Å². The Balaban J connectivity index is 1.28. The SMILES string of the molecule is c1ccc(-c2ccc3c(c2)c2ccccc2n3-c2ccc3c(c2)C2(c4ccccc4-c4ccccc42)c2ccccc2-3)cc1. The molecule has 0 N–H and O–H groups in total. The van der Waals surface area contributed by atoms with Gasteiger partial charge in [-0.3, -0.25) is 0 Å². The van der Waals surface area contributed by atoms with Crippen molar-refractivity contribution in [3.8, 4) is 39.1 Å². The van der Waals surface area contributed by atoms with Crippen LogP contribution in [0.5, 0.6) is 0 Å². The lowest BCUT2D eigenvalue weighted by atomic mass is 9.70. The van der Waals surface area contributed by atoms with E-state index < -0.39 is 0 Å². The quantitative estimate of drug-likeness (QED) is 0.199. The van der Waals surface area contributed by atoms with E-state index in [1.54, 1.807) is 0 Å². The van der Waals surface area contributed by atoms with Crippen LogP contribution in [0.3, 0.4) is 0 Å². The van der Waals surface area contributed by atoms with Gasteiger partial charge < -0.3 is 4.57 Å². The molecule has 1 spiro atoms. The van der Waals surface area contributed by atoms with E-state index in [1.165, 1.54) is 83.1 Å². The Kier molecular flexibility index (Phi) is 4.71. The van der Waals surface area contributed by atoms with Crippen molar-refractivity contribution >= 4 is 21.8 Å². The number of hydrogen-bond donors (Lipinski definition) is 0. The Labute approximate surface area is 256 Å². The van der Waals surface area contributed by atoms with Crippen molar-refractivity contribution in [3.05, 3.63) is 186 Å². The summed E-state index contributed by atoms with van der Waals surface area (Å²) in [6, 6.07) is 60.7. The highest BCUT2D eigenvalue weighted by molar-refractivity contribution is 6.10. The molecule has 0 saturated heterocycles.